The molecule has 8 atom stereocenters. The predicted octanol–water partition coefficient (Wildman–Crippen LogP) is 1.40. The summed E-state index contributed by atoms with van der Waals surface area (Å²) in [6.45, 7) is 4.48. The highest BCUT2D eigenvalue weighted by atomic mass is 19.1. The van der Waals surface area contributed by atoms with Crippen molar-refractivity contribution >= 4 is 29.3 Å². The van der Waals surface area contributed by atoms with Crippen LogP contribution >= 0.6 is 0 Å². The van der Waals surface area contributed by atoms with Gasteiger partial charge in [-0.3, -0.25) is 19.2 Å². The minimum Gasteiger partial charge on any atom is -0.481 e. The second kappa shape index (κ2) is 10.1. The van der Waals surface area contributed by atoms with Gasteiger partial charge in [0.25, 0.3) is 0 Å². The lowest BCUT2D eigenvalue weighted by atomic mass is 9.44. The third-order valence-corrected chi connectivity index (χ3v) is 9.60. The molecule has 4 rings (SSSR count). The molecule has 0 amide bonds. The number of carboxylic acid groups (broad SMARTS) is 2. The lowest BCUT2D eigenvalue weighted by molar-refractivity contribution is -0.219. The Bertz CT molecular complexity index is 1110. The second-order valence-electron chi connectivity index (χ2n) is 11.4. The Balaban J connectivity index is 0.000000342. The Morgan fingerprint density at radius 1 is 1.11 bits per heavy atom. The quantitative estimate of drug-likeness (QED) is 0.309. The van der Waals surface area contributed by atoms with Gasteiger partial charge in [-0.25, -0.2) is 9.18 Å². The van der Waals surface area contributed by atoms with Crippen molar-refractivity contribution in [1.29, 1.82) is 0 Å². The number of halogens is 1. The Kier molecular flexibility index (Phi) is 7.91. The van der Waals surface area contributed by atoms with E-state index in [9.17, 15) is 39.3 Å². The number of carbonyl (C=O) groups excluding carboxylic acids is 3. The van der Waals surface area contributed by atoms with E-state index in [-0.39, 0.29) is 18.1 Å². The summed E-state index contributed by atoms with van der Waals surface area (Å²) in [4.78, 5) is 54.1. The first-order valence-electron chi connectivity index (χ1n) is 12.7. The van der Waals surface area contributed by atoms with Crippen LogP contribution in [-0.4, -0.2) is 78.8 Å². The first-order chi connectivity index (χ1) is 17.5. The maximum Gasteiger partial charge on any atom is 0.372 e. The van der Waals surface area contributed by atoms with Crippen LogP contribution in [-0.2, 0) is 24.0 Å². The van der Waals surface area contributed by atoms with E-state index in [0.29, 0.717) is 24.8 Å². The summed E-state index contributed by atoms with van der Waals surface area (Å²) >= 11 is 0. The molecule has 5 N–H and O–H groups in total. The van der Waals surface area contributed by atoms with E-state index in [4.69, 9.17) is 10.2 Å². The number of aliphatic hydroxyl groups is 3. The number of ketones is 3. The molecule has 0 unspecified atom stereocenters. The highest BCUT2D eigenvalue weighted by Crippen LogP contribution is 2.70. The minimum absolute atomic E-state index is 0.0676. The van der Waals surface area contributed by atoms with E-state index in [1.807, 2.05) is 0 Å². The maximum absolute atomic E-state index is 16.9. The van der Waals surface area contributed by atoms with Crippen molar-refractivity contribution in [3.8, 4) is 0 Å². The van der Waals surface area contributed by atoms with Gasteiger partial charge in [0.2, 0.25) is 5.78 Å². The van der Waals surface area contributed by atoms with Crippen molar-refractivity contribution in [2.45, 2.75) is 76.7 Å². The van der Waals surface area contributed by atoms with Gasteiger partial charge in [0.1, 0.15) is 12.2 Å². The number of rotatable bonds is 6. The number of aliphatic hydroxyl groups excluding tert-OH is 2. The molecule has 3 saturated carbocycles. The number of carbonyl (C=O) groups is 5. The van der Waals surface area contributed by atoms with Crippen LogP contribution in [0.15, 0.2) is 23.8 Å². The Hall–Kier alpha value is -2.76. The molecular weight excluding hydrogens is 503 g/mol. The molecule has 0 heterocycles. The summed E-state index contributed by atoms with van der Waals surface area (Å²) < 4.78 is 16.9. The molecular formula is C27H35FO10. The smallest absolute Gasteiger partial charge is 0.372 e. The Labute approximate surface area is 219 Å². The summed E-state index contributed by atoms with van der Waals surface area (Å²) in [6, 6.07) is 0. The zero-order valence-electron chi connectivity index (χ0n) is 21.6. The molecule has 11 heteroatoms. The fourth-order valence-electron chi connectivity index (χ4n) is 7.59. The molecule has 4 aliphatic rings. The van der Waals surface area contributed by atoms with Crippen LogP contribution < -0.4 is 0 Å². The molecule has 210 valence electrons. The lowest BCUT2D eigenvalue weighted by Gasteiger charge is -2.62. The fourth-order valence-corrected chi connectivity index (χ4v) is 7.59. The first-order valence-corrected chi connectivity index (χ1v) is 12.7. The molecule has 0 aliphatic heterocycles. The summed E-state index contributed by atoms with van der Waals surface area (Å²) in [5.41, 5.74) is -5.17. The number of carboxylic acids is 2. The van der Waals surface area contributed by atoms with E-state index < -0.39 is 83.0 Å². The number of fused-ring (bicyclic) bond motifs is 5. The van der Waals surface area contributed by atoms with Crippen molar-refractivity contribution in [2.75, 3.05) is 6.61 Å². The van der Waals surface area contributed by atoms with Crippen molar-refractivity contribution in [2.24, 2.45) is 28.6 Å². The molecule has 38 heavy (non-hydrogen) atoms. The summed E-state index contributed by atoms with van der Waals surface area (Å²) in [5.74, 6) is -5.94. The Morgan fingerprint density at radius 3 is 2.29 bits per heavy atom. The molecule has 0 aromatic carbocycles. The highest BCUT2D eigenvalue weighted by Gasteiger charge is 2.75. The molecule has 0 aromatic heterocycles. The third kappa shape index (κ3) is 4.24. The van der Waals surface area contributed by atoms with Crippen molar-refractivity contribution in [3.05, 3.63) is 23.8 Å². The van der Waals surface area contributed by atoms with Crippen LogP contribution in [0.5, 0.6) is 0 Å². The van der Waals surface area contributed by atoms with Crippen LogP contribution in [0.1, 0.15) is 59.3 Å². The van der Waals surface area contributed by atoms with Gasteiger partial charge < -0.3 is 25.5 Å². The van der Waals surface area contributed by atoms with Crippen molar-refractivity contribution in [1.82, 2.24) is 0 Å². The summed E-state index contributed by atoms with van der Waals surface area (Å²) in [5, 5.41) is 47.9. The summed E-state index contributed by atoms with van der Waals surface area (Å²) in [7, 11) is 0. The van der Waals surface area contributed by atoms with Crippen LogP contribution in [0.3, 0.4) is 0 Å². The molecule has 3 fully saturated rings. The van der Waals surface area contributed by atoms with Gasteiger partial charge in [0.05, 0.1) is 12.5 Å². The monoisotopic (exact) mass is 538 g/mol. The van der Waals surface area contributed by atoms with Gasteiger partial charge >= 0.3 is 11.9 Å². The number of allylic oxidation sites excluding steroid dienone is 4. The van der Waals surface area contributed by atoms with Crippen LogP contribution in [0.2, 0.25) is 0 Å². The lowest BCUT2D eigenvalue weighted by Crippen LogP contribution is -2.69. The summed E-state index contributed by atoms with van der Waals surface area (Å²) in [6.07, 6.45) is 3.57. The van der Waals surface area contributed by atoms with Crippen molar-refractivity contribution in [3.63, 3.8) is 0 Å². The van der Waals surface area contributed by atoms with E-state index in [1.54, 1.807) is 26.8 Å². The minimum atomic E-state index is -1.98. The van der Waals surface area contributed by atoms with E-state index in [2.05, 4.69) is 0 Å². The number of hydrogen-bond donors (Lipinski definition) is 5. The van der Waals surface area contributed by atoms with E-state index >= 15 is 4.39 Å². The van der Waals surface area contributed by atoms with Crippen molar-refractivity contribution < 1.29 is 53.9 Å². The topological polar surface area (TPSA) is 186 Å². The standard InChI is InChI=1S/C22H29FO5.C5H6O5/c1-12-8-16-15-5-4-13-9-14(25)6-7-19(13,2)21(15,23)17(26)10-20(16,3)22(12,28)18(27)11-24;6-3(5(9)10)1-2-4(7)8/h6-7,9,12,15-17,24,26,28H,4-5,8,10-11H2,1-3H3;1-2H2,(H,7,8)(H,9,10)/t12-,15+,16+,17+,19+,20+,21+,22+;/m1./s1. The van der Waals surface area contributed by atoms with E-state index in [1.165, 1.54) is 12.2 Å². The molecule has 0 saturated heterocycles. The van der Waals surface area contributed by atoms with Gasteiger partial charge in [-0.1, -0.05) is 25.5 Å². The number of alkyl halides is 1. The first kappa shape index (κ1) is 29.8. The maximum atomic E-state index is 16.9. The normalized spacial score (nSPS) is 41.0. The molecule has 10 nitrogen and oxygen atoms in total. The SMILES string of the molecule is C[C@@H]1C[C@H]2[C@@H]3CCC4=CC(=O)C=C[C@]4(C)[C@@]3(F)[C@@H](O)C[C@]2(C)[C@@]1(O)C(=O)CO.O=C(O)CCC(=O)C(=O)O. The molecule has 0 aromatic rings. The fraction of sp³-hybridized carbons (Fsp3) is 0.667. The zero-order chi connectivity index (χ0) is 28.8. The largest absolute Gasteiger partial charge is 0.481 e. The van der Waals surface area contributed by atoms with Crippen LogP contribution in [0.4, 0.5) is 4.39 Å². The van der Waals surface area contributed by atoms with Gasteiger partial charge in [0, 0.05) is 23.2 Å². The Morgan fingerprint density at radius 2 is 1.74 bits per heavy atom. The van der Waals surface area contributed by atoms with Crippen LogP contribution in [0, 0.1) is 28.6 Å². The molecule has 0 radical (unpaired) electrons. The van der Waals surface area contributed by atoms with Gasteiger partial charge in [0.15, 0.2) is 17.2 Å². The average molecular weight is 539 g/mol. The van der Waals surface area contributed by atoms with Crippen LogP contribution in [0.25, 0.3) is 0 Å². The number of hydrogen-bond acceptors (Lipinski definition) is 8. The highest BCUT2D eigenvalue weighted by molar-refractivity contribution is 6.32. The molecule has 0 spiro atoms. The average Bonchev–Trinajstić information content (AvgIpc) is 3.05. The third-order valence-electron chi connectivity index (χ3n) is 9.60. The van der Waals surface area contributed by atoms with E-state index in [0.717, 1.165) is 0 Å². The van der Waals surface area contributed by atoms with Gasteiger partial charge in [-0.05, 0) is 56.6 Å². The second-order valence-corrected chi connectivity index (χ2v) is 11.4. The number of Topliss-reactive ketones (excluding diaryl/α,β-unsaturated/α-hetero) is 2. The van der Waals surface area contributed by atoms with Gasteiger partial charge in [-0.15, -0.1) is 0 Å². The predicted molar refractivity (Wildman–Crippen MR) is 129 cm³/mol. The molecule has 4 aliphatic carbocycles. The van der Waals surface area contributed by atoms with Gasteiger partial charge in [-0.2, -0.15) is 0 Å². The number of aliphatic carboxylic acids is 2. The molecule has 0 bridgehead atoms. The zero-order valence-corrected chi connectivity index (χ0v) is 21.6.